The molecule has 0 aliphatic carbocycles. The number of carbonyl (C=O) groups is 1. The van der Waals surface area contributed by atoms with Gasteiger partial charge in [0.15, 0.2) is 11.6 Å². The zero-order valence-electron chi connectivity index (χ0n) is 23.6. The van der Waals surface area contributed by atoms with Crippen molar-refractivity contribution in [2.75, 3.05) is 13.2 Å². The van der Waals surface area contributed by atoms with Gasteiger partial charge in [-0.25, -0.2) is 4.99 Å². The van der Waals surface area contributed by atoms with Crippen molar-refractivity contribution in [3.63, 3.8) is 0 Å². The van der Waals surface area contributed by atoms with Crippen molar-refractivity contribution < 1.29 is 32.5 Å². The fourth-order valence-electron chi connectivity index (χ4n) is 5.04. The van der Waals surface area contributed by atoms with Crippen LogP contribution >= 0.6 is 15.9 Å². The highest BCUT2D eigenvalue weighted by atomic mass is 79.9. The van der Waals surface area contributed by atoms with Crippen LogP contribution in [0.1, 0.15) is 40.3 Å². The van der Waals surface area contributed by atoms with Crippen molar-refractivity contribution in [1.29, 1.82) is 0 Å². The third-order valence-corrected chi connectivity index (χ3v) is 8.03. The van der Waals surface area contributed by atoms with Crippen LogP contribution in [-0.4, -0.2) is 35.7 Å². The Kier molecular flexibility index (Phi) is 9.71. The van der Waals surface area contributed by atoms with Gasteiger partial charge >= 0.3 is 6.18 Å². The summed E-state index contributed by atoms with van der Waals surface area (Å²) in [7, 11) is 0. The van der Waals surface area contributed by atoms with Gasteiger partial charge in [0.25, 0.3) is 5.91 Å². The van der Waals surface area contributed by atoms with Gasteiger partial charge in [-0.3, -0.25) is 4.79 Å². The molecule has 0 spiro atoms. The number of hydrogen-bond donors (Lipinski definition) is 2. The number of alkyl halides is 3. The SMILES string of the molecule is O=C(NCc1cccc(C(F)(F)F)c1)[C@]1(Cc2ccccc2Br)N=C(c2ccc(OCCCO)cc2)O[C@@H]1c1ccccc1. The molecule has 4 aromatic carbocycles. The predicted molar refractivity (Wildman–Crippen MR) is 164 cm³/mol. The minimum absolute atomic E-state index is 0.0268. The Balaban J connectivity index is 1.54. The van der Waals surface area contributed by atoms with Crippen LogP contribution < -0.4 is 10.1 Å². The molecule has 0 aromatic heterocycles. The van der Waals surface area contributed by atoms with Crippen LogP contribution in [0, 0.1) is 0 Å². The number of aliphatic hydroxyl groups is 1. The van der Waals surface area contributed by atoms with Gasteiger partial charge in [-0.1, -0.05) is 76.6 Å². The molecule has 10 heteroatoms. The van der Waals surface area contributed by atoms with E-state index in [1.807, 2.05) is 54.6 Å². The Labute approximate surface area is 261 Å². The van der Waals surface area contributed by atoms with E-state index >= 15 is 0 Å². The van der Waals surface area contributed by atoms with Crippen LogP contribution in [-0.2, 0) is 28.7 Å². The van der Waals surface area contributed by atoms with E-state index in [4.69, 9.17) is 19.6 Å². The molecule has 0 saturated carbocycles. The fourth-order valence-corrected chi connectivity index (χ4v) is 5.46. The molecule has 1 heterocycles. The fraction of sp³-hybridized carbons (Fsp3) is 0.235. The van der Waals surface area contributed by atoms with Gasteiger partial charge in [0.2, 0.25) is 5.90 Å². The van der Waals surface area contributed by atoms with Crippen LogP contribution in [0.2, 0.25) is 0 Å². The molecular formula is C34H30BrF3N2O4. The van der Waals surface area contributed by atoms with Crippen LogP contribution in [0.4, 0.5) is 13.2 Å². The van der Waals surface area contributed by atoms with Crippen molar-refractivity contribution in [3.8, 4) is 5.75 Å². The Bertz CT molecular complexity index is 1610. The van der Waals surface area contributed by atoms with E-state index in [0.717, 1.165) is 27.7 Å². The molecule has 1 amide bonds. The first kappa shape index (κ1) is 31.3. The quantitative estimate of drug-likeness (QED) is 0.168. The van der Waals surface area contributed by atoms with Crippen LogP contribution in [0.25, 0.3) is 0 Å². The van der Waals surface area contributed by atoms with Crippen molar-refractivity contribution in [3.05, 3.63) is 135 Å². The second kappa shape index (κ2) is 13.7. The number of amides is 1. The van der Waals surface area contributed by atoms with Gasteiger partial charge in [0.1, 0.15) is 5.75 Å². The van der Waals surface area contributed by atoms with Crippen LogP contribution in [0.5, 0.6) is 5.75 Å². The highest BCUT2D eigenvalue weighted by molar-refractivity contribution is 9.10. The number of rotatable bonds is 11. The first-order chi connectivity index (χ1) is 21.2. The zero-order chi connectivity index (χ0) is 31.2. The second-order valence-electron chi connectivity index (χ2n) is 10.3. The number of ether oxygens (including phenoxy) is 2. The monoisotopic (exact) mass is 666 g/mol. The molecule has 0 radical (unpaired) electrons. The summed E-state index contributed by atoms with van der Waals surface area (Å²) in [6, 6.07) is 28.7. The summed E-state index contributed by atoms with van der Waals surface area (Å²) in [4.78, 5) is 19.3. The van der Waals surface area contributed by atoms with Crippen molar-refractivity contribution >= 4 is 27.7 Å². The third kappa shape index (κ3) is 7.14. The maximum atomic E-state index is 14.3. The molecule has 44 heavy (non-hydrogen) atoms. The van der Waals surface area contributed by atoms with Gasteiger partial charge in [-0.2, -0.15) is 13.2 Å². The lowest BCUT2D eigenvalue weighted by molar-refractivity contribution is -0.137. The molecule has 6 nitrogen and oxygen atoms in total. The summed E-state index contributed by atoms with van der Waals surface area (Å²) in [6.45, 7) is 0.260. The topological polar surface area (TPSA) is 80.2 Å². The summed E-state index contributed by atoms with van der Waals surface area (Å²) in [6.07, 6.45) is -4.69. The molecule has 0 fully saturated rings. The van der Waals surface area contributed by atoms with Gasteiger partial charge < -0.3 is 19.9 Å². The van der Waals surface area contributed by atoms with Crippen LogP contribution in [0.15, 0.2) is 113 Å². The van der Waals surface area contributed by atoms with Crippen molar-refractivity contribution in [2.24, 2.45) is 4.99 Å². The van der Waals surface area contributed by atoms with E-state index in [9.17, 15) is 18.0 Å². The molecular weight excluding hydrogens is 637 g/mol. The maximum absolute atomic E-state index is 14.3. The minimum atomic E-state index is -4.50. The molecule has 4 aromatic rings. The summed E-state index contributed by atoms with van der Waals surface area (Å²) < 4.78 is 53.0. The first-order valence-electron chi connectivity index (χ1n) is 14.0. The average molecular weight is 668 g/mol. The molecule has 1 aliphatic rings. The number of nitrogens with one attached hydrogen (secondary N) is 1. The predicted octanol–water partition coefficient (Wildman–Crippen LogP) is 7.05. The zero-order valence-corrected chi connectivity index (χ0v) is 25.1. The Morgan fingerprint density at radius 1 is 0.977 bits per heavy atom. The average Bonchev–Trinajstić information content (AvgIpc) is 3.42. The standard InChI is InChI=1S/C34H30BrF3N2O4/c35-29-13-5-4-11-26(29)21-33(32(42)39-22-23-8-6-12-27(20-23)34(36,37)38)30(24-9-2-1-3-10-24)44-31(40-33)25-14-16-28(17-15-25)43-19-7-18-41/h1-6,8-17,20,30,41H,7,18-19,21-22H2,(H,39,42)/t30-,33-/m1/s1. The molecule has 2 N–H and O–H groups in total. The van der Waals surface area contributed by atoms with E-state index in [-0.39, 0.29) is 25.5 Å². The Morgan fingerprint density at radius 3 is 2.41 bits per heavy atom. The number of hydrogen-bond acceptors (Lipinski definition) is 5. The number of nitrogens with zero attached hydrogens (tertiary/aromatic N) is 1. The first-order valence-corrected chi connectivity index (χ1v) is 14.8. The van der Waals surface area contributed by atoms with E-state index in [2.05, 4.69) is 21.2 Å². The van der Waals surface area contributed by atoms with Gasteiger partial charge in [0, 0.05) is 36.0 Å². The molecule has 0 unspecified atom stereocenters. The van der Waals surface area contributed by atoms with Crippen molar-refractivity contribution in [2.45, 2.75) is 37.2 Å². The summed E-state index contributed by atoms with van der Waals surface area (Å²) in [5.74, 6) is 0.374. The highest BCUT2D eigenvalue weighted by Crippen LogP contribution is 2.43. The van der Waals surface area contributed by atoms with Gasteiger partial charge in [0.05, 0.1) is 12.2 Å². The van der Waals surface area contributed by atoms with E-state index in [1.54, 1.807) is 24.3 Å². The smallest absolute Gasteiger partial charge is 0.416 e. The molecule has 0 saturated heterocycles. The molecule has 2 atom stereocenters. The lowest BCUT2D eigenvalue weighted by Gasteiger charge is -2.31. The minimum Gasteiger partial charge on any atom is -0.494 e. The summed E-state index contributed by atoms with van der Waals surface area (Å²) in [5.41, 5.74) is 0.168. The Hall–Kier alpha value is -4.15. The van der Waals surface area contributed by atoms with E-state index in [1.165, 1.54) is 12.1 Å². The van der Waals surface area contributed by atoms with E-state index in [0.29, 0.717) is 29.9 Å². The summed E-state index contributed by atoms with van der Waals surface area (Å²) in [5, 5.41) is 11.9. The third-order valence-electron chi connectivity index (χ3n) is 7.26. The number of aliphatic hydroxyl groups excluding tert-OH is 1. The maximum Gasteiger partial charge on any atom is 0.416 e. The van der Waals surface area contributed by atoms with Crippen LogP contribution in [0.3, 0.4) is 0 Å². The molecule has 228 valence electrons. The number of aliphatic imine (C=N–C) groups is 1. The largest absolute Gasteiger partial charge is 0.494 e. The lowest BCUT2D eigenvalue weighted by atomic mass is 9.82. The number of carbonyl (C=O) groups excluding carboxylic acids is 1. The molecule has 1 aliphatic heterocycles. The van der Waals surface area contributed by atoms with Gasteiger partial charge in [-0.15, -0.1) is 0 Å². The highest BCUT2D eigenvalue weighted by Gasteiger charge is 2.53. The molecule has 5 rings (SSSR count). The Morgan fingerprint density at radius 2 is 1.70 bits per heavy atom. The number of halogens is 4. The van der Waals surface area contributed by atoms with Gasteiger partial charge in [-0.05, 0) is 59.2 Å². The normalized spacial score (nSPS) is 17.9. The number of benzene rings is 4. The molecule has 0 bridgehead atoms. The summed E-state index contributed by atoms with van der Waals surface area (Å²) >= 11 is 3.59. The van der Waals surface area contributed by atoms with E-state index < -0.39 is 29.3 Å². The lowest BCUT2D eigenvalue weighted by Crippen LogP contribution is -2.49. The second-order valence-corrected chi connectivity index (χ2v) is 11.2. The van der Waals surface area contributed by atoms with Crippen molar-refractivity contribution in [1.82, 2.24) is 5.32 Å².